The van der Waals surface area contributed by atoms with Gasteiger partial charge in [-0.15, -0.1) is 0 Å². The van der Waals surface area contributed by atoms with Crippen molar-refractivity contribution in [2.75, 3.05) is 0 Å². The molecule has 2 rings (SSSR count). The molecule has 0 unspecified atom stereocenters. The van der Waals surface area contributed by atoms with Crippen LogP contribution in [0, 0.1) is 0 Å². The molecule has 0 saturated carbocycles. The van der Waals surface area contributed by atoms with E-state index in [0.29, 0.717) is 5.75 Å². The SMILES string of the molecule is C/C=C/Oc1ccc(C(C)(C)c2ccc(O)cc2)cc1. The van der Waals surface area contributed by atoms with Crippen molar-refractivity contribution in [3.05, 3.63) is 72.0 Å². The van der Waals surface area contributed by atoms with E-state index in [1.807, 2.05) is 37.3 Å². The van der Waals surface area contributed by atoms with Crippen molar-refractivity contribution in [2.45, 2.75) is 26.2 Å². The van der Waals surface area contributed by atoms with Crippen LogP contribution >= 0.6 is 0 Å². The Balaban J connectivity index is 2.27. The fourth-order valence-electron chi connectivity index (χ4n) is 2.14. The summed E-state index contributed by atoms with van der Waals surface area (Å²) in [7, 11) is 0. The first kappa shape index (κ1) is 14.2. The Kier molecular flexibility index (Phi) is 4.14. The van der Waals surface area contributed by atoms with E-state index in [0.717, 1.165) is 11.3 Å². The molecule has 2 heteroatoms. The first-order chi connectivity index (χ1) is 9.54. The number of phenolic OH excluding ortho intramolecular Hbond substituents is 1. The number of hydrogen-bond donors (Lipinski definition) is 1. The zero-order chi connectivity index (χ0) is 14.6. The van der Waals surface area contributed by atoms with Gasteiger partial charge in [0.25, 0.3) is 0 Å². The normalized spacial score (nSPS) is 11.8. The van der Waals surface area contributed by atoms with Gasteiger partial charge in [0.2, 0.25) is 0 Å². The lowest BCUT2D eigenvalue weighted by Crippen LogP contribution is -2.18. The highest BCUT2D eigenvalue weighted by molar-refractivity contribution is 5.41. The summed E-state index contributed by atoms with van der Waals surface area (Å²) in [4.78, 5) is 0. The molecule has 0 spiro atoms. The van der Waals surface area contributed by atoms with Gasteiger partial charge in [-0.1, -0.05) is 44.2 Å². The molecule has 2 aromatic carbocycles. The molecular formula is C18H20O2. The minimum Gasteiger partial charge on any atom is -0.508 e. The van der Waals surface area contributed by atoms with E-state index in [1.54, 1.807) is 18.4 Å². The van der Waals surface area contributed by atoms with Crippen LogP contribution in [-0.2, 0) is 5.41 Å². The van der Waals surface area contributed by atoms with E-state index in [4.69, 9.17) is 4.74 Å². The molecule has 0 bridgehead atoms. The van der Waals surface area contributed by atoms with Crippen LogP contribution in [0.25, 0.3) is 0 Å². The summed E-state index contributed by atoms with van der Waals surface area (Å²) in [5, 5.41) is 9.39. The minimum absolute atomic E-state index is 0.118. The lowest BCUT2D eigenvalue weighted by molar-refractivity contribution is 0.474. The number of allylic oxidation sites excluding steroid dienone is 1. The number of rotatable bonds is 4. The minimum atomic E-state index is -0.118. The van der Waals surface area contributed by atoms with E-state index in [1.165, 1.54) is 5.56 Å². The van der Waals surface area contributed by atoms with Crippen LogP contribution in [0.1, 0.15) is 31.9 Å². The summed E-state index contributed by atoms with van der Waals surface area (Å²) >= 11 is 0. The molecule has 0 aliphatic carbocycles. The van der Waals surface area contributed by atoms with Gasteiger partial charge >= 0.3 is 0 Å². The zero-order valence-corrected chi connectivity index (χ0v) is 12.1. The van der Waals surface area contributed by atoms with E-state index in [9.17, 15) is 5.11 Å². The Hall–Kier alpha value is -2.22. The van der Waals surface area contributed by atoms with E-state index >= 15 is 0 Å². The maximum Gasteiger partial charge on any atom is 0.126 e. The Labute approximate surface area is 120 Å². The van der Waals surface area contributed by atoms with Crippen molar-refractivity contribution in [2.24, 2.45) is 0 Å². The molecule has 104 valence electrons. The molecule has 0 aliphatic heterocycles. The highest BCUT2D eigenvalue weighted by Gasteiger charge is 2.22. The zero-order valence-electron chi connectivity index (χ0n) is 12.1. The number of aromatic hydroxyl groups is 1. The molecule has 0 radical (unpaired) electrons. The highest BCUT2D eigenvalue weighted by atomic mass is 16.5. The third-order valence-electron chi connectivity index (χ3n) is 3.51. The van der Waals surface area contributed by atoms with Gasteiger partial charge in [-0.3, -0.25) is 0 Å². The van der Waals surface area contributed by atoms with Gasteiger partial charge in [0.15, 0.2) is 0 Å². The van der Waals surface area contributed by atoms with Gasteiger partial charge in [0.1, 0.15) is 11.5 Å². The number of hydrogen-bond acceptors (Lipinski definition) is 2. The molecule has 0 aliphatic rings. The second-order valence-corrected chi connectivity index (χ2v) is 5.28. The standard InChI is InChI=1S/C18H20O2/c1-4-13-20-17-11-7-15(8-12-17)18(2,3)14-5-9-16(19)10-6-14/h4-13,19H,1-3H3/b13-4+. The lowest BCUT2D eigenvalue weighted by atomic mass is 9.78. The molecule has 2 aromatic rings. The predicted octanol–water partition coefficient (Wildman–Crippen LogP) is 4.63. The smallest absolute Gasteiger partial charge is 0.126 e. The monoisotopic (exact) mass is 268 g/mol. The van der Waals surface area contributed by atoms with E-state index in [2.05, 4.69) is 26.0 Å². The molecule has 20 heavy (non-hydrogen) atoms. The second kappa shape index (κ2) is 5.83. The van der Waals surface area contributed by atoms with Crippen LogP contribution in [0.4, 0.5) is 0 Å². The van der Waals surface area contributed by atoms with E-state index < -0.39 is 0 Å². The first-order valence-electron chi connectivity index (χ1n) is 6.72. The largest absolute Gasteiger partial charge is 0.508 e. The molecule has 1 N–H and O–H groups in total. The summed E-state index contributed by atoms with van der Waals surface area (Å²) in [6, 6.07) is 15.5. The fraction of sp³-hybridized carbons (Fsp3) is 0.222. The number of phenols is 1. The van der Waals surface area contributed by atoms with Crippen LogP contribution in [0.3, 0.4) is 0 Å². The van der Waals surface area contributed by atoms with Gasteiger partial charge in [0, 0.05) is 5.41 Å². The quantitative estimate of drug-likeness (QED) is 0.819. The maximum absolute atomic E-state index is 9.39. The Morgan fingerprint density at radius 3 is 1.90 bits per heavy atom. The van der Waals surface area contributed by atoms with Gasteiger partial charge in [-0.05, 0) is 42.3 Å². The van der Waals surface area contributed by atoms with Crippen LogP contribution in [0.2, 0.25) is 0 Å². The lowest BCUT2D eigenvalue weighted by Gasteiger charge is -2.26. The molecule has 0 fully saturated rings. The molecular weight excluding hydrogens is 248 g/mol. The molecule has 0 aromatic heterocycles. The van der Waals surface area contributed by atoms with Crippen molar-refractivity contribution in [1.82, 2.24) is 0 Å². The molecule has 0 saturated heterocycles. The van der Waals surface area contributed by atoms with Crippen molar-refractivity contribution >= 4 is 0 Å². The van der Waals surface area contributed by atoms with Gasteiger partial charge in [-0.2, -0.15) is 0 Å². The number of benzene rings is 2. The van der Waals surface area contributed by atoms with Crippen molar-refractivity contribution in [3.8, 4) is 11.5 Å². The maximum atomic E-state index is 9.39. The van der Waals surface area contributed by atoms with Gasteiger partial charge in [-0.25, -0.2) is 0 Å². The average molecular weight is 268 g/mol. The Bertz CT molecular complexity index is 578. The topological polar surface area (TPSA) is 29.5 Å². The first-order valence-corrected chi connectivity index (χ1v) is 6.72. The van der Waals surface area contributed by atoms with E-state index in [-0.39, 0.29) is 5.41 Å². The third-order valence-corrected chi connectivity index (χ3v) is 3.51. The van der Waals surface area contributed by atoms with Crippen LogP contribution in [-0.4, -0.2) is 5.11 Å². The fourth-order valence-corrected chi connectivity index (χ4v) is 2.14. The molecule has 0 atom stereocenters. The highest BCUT2D eigenvalue weighted by Crippen LogP contribution is 2.33. The Morgan fingerprint density at radius 2 is 1.40 bits per heavy atom. The van der Waals surface area contributed by atoms with Gasteiger partial charge in [0.05, 0.1) is 6.26 Å². The summed E-state index contributed by atoms with van der Waals surface area (Å²) in [6.45, 7) is 6.25. The summed E-state index contributed by atoms with van der Waals surface area (Å²) < 4.78 is 5.43. The molecule has 0 heterocycles. The summed E-state index contributed by atoms with van der Waals surface area (Å²) in [5.74, 6) is 1.12. The summed E-state index contributed by atoms with van der Waals surface area (Å²) in [5.41, 5.74) is 2.25. The molecule has 2 nitrogen and oxygen atoms in total. The van der Waals surface area contributed by atoms with Crippen molar-refractivity contribution < 1.29 is 9.84 Å². The second-order valence-electron chi connectivity index (χ2n) is 5.28. The predicted molar refractivity (Wildman–Crippen MR) is 82.1 cm³/mol. The van der Waals surface area contributed by atoms with Gasteiger partial charge < -0.3 is 9.84 Å². The third kappa shape index (κ3) is 3.02. The van der Waals surface area contributed by atoms with Crippen molar-refractivity contribution in [3.63, 3.8) is 0 Å². The number of ether oxygens (including phenoxy) is 1. The Morgan fingerprint density at radius 1 is 0.900 bits per heavy atom. The van der Waals surface area contributed by atoms with Crippen molar-refractivity contribution in [1.29, 1.82) is 0 Å². The summed E-state index contributed by atoms with van der Waals surface area (Å²) in [6.07, 6.45) is 3.52. The average Bonchev–Trinajstić information content (AvgIpc) is 2.46. The molecule has 0 amide bonds. The van der Waals surface area contributed by atoms with Crippen LogP contribution in [0.5, 0.6) is 11.5 Å². The van der Waals surface area contributed by atoms with Crippen LogP contribution in [0.15, 0.2) is 60.9 Å². The van der Waals surface area contributed by atoms with Crippen LogP contribution < -0.4 is 4.74 Å².